The van der Waals surface area contributed by atoms with Gasteiger partial charge in [-0.2, -0.15) is 0 Å². The number of fused-ring (bicyclic) bond motifs is 1. The van der Waals surface area contributed by atoms with E-state index in [0.29, 0.717) is 37.8 Å². The van der Waals surface area contributed by atoms with Gasteiger partial charge >= 0.3 is 5.97 Å². The second-order valence-corrected chi connectivity index (χ2v) is 10.2. The van der Waals surface area contributed by atoms with E-state index in [4.69, 9.17) is 0 Å². The summed E-state index contributed by atoms with van der Waals surface area (Å²) in [5.74, 6) is -3.50. The third-order valence-corrected chi connectivity index (χ3v) is 7.59. The van der Waals surface area contributed by atoms with E-state index >= 15 is 8.78 Å². The van der Waals surface area contributed by atoms with Crippen LogP contribution >= 0.6 is 0 Å². The summed E-state index contributed by atoms with van der Waals surface area (Å²) in [6, 6.07) is 3.13. The molecule has 2 N–H and O–H groups in total. The third kappa shape index (κ3) is 5.44. The topological polar surface area (TPSA) is 91.2 Å². The fourth-order valence-corrected chi connectivity index (χ4v) is 5.49. The number of pyridine rings is 1. The van der Waals surface area contributed by atoms with Crippen molar-refractivity contribution in [1.29, 1.82) is 0 Å². The third-order valence-electron chi connectivity index (χ3n) is 7.59. The number of rotatable bonds is 10. The number of carboxylic acids is 1. The number of nitrogens with one attached hydrogen (secondary N) is 1. The number of hydrogen-bond donors (Lipinski definition) is 2. The second-order valence-electron chi connectivity index (χ2n) is 10.2. The zero-order chi connectivity index (χ0) is 24.4. The van der Waals surface area contributed by atoms with Gasteiger partial charge in [0.05, 0.1) is 5.69 Å². The van der Waals surface area contributed by atoms with Crippen LogP contribution in [0.5, 0.6) is 0 Å². The van der Waals surface area contributed by atoms with E-state index in [2.05, 4.69) is 26.3 Å². The Kier molecular flexibility index (Phi) is 6.95. The van der Waals surface area contributed by atoms with Gasteiger partial charge in [-0.05, 0) is 69.5 Å². The van der Waals surface area contributed by atoms with Crippen LogP contribution in [-0.2, 0) is 17.6 Å². The summed E-state index contributed by atoms with van der Waals surface area (Å²) in [4.78, 5) is 26.9. The molecule has 2 fully saturated rings. The fourth-order valence-electron chi connectivity index (χ4n) is 5.49. The molecule has 5 rings (SSSR count). The highest BCUT2D eigenvalue weighted by Crippen LogP contribution is 2.44. The highest BCUT2D eigenvalue weighted by atomic mass is 19.3. The van der Waals surface area contributed by atoms with Gasteiger partial charge in [0.1, 0.15) is 18.2 Å². The Morgan fingerprint density at radius 3 is 2.91 bits per heavy atom. The maximum absolute atomic E-state index is 15.1. The smallest absolute Gasteiger partial charge is 0.325 e. The standard InChI is InChI=1S/C26H33F2N5O2/c27-26(28,11-2-1-5-20-9-8-18-4-3-12-30-24(18)32-20)19-10-13-33(15-19)23(25(34)35)21-14-29-16-31-22(21)17-6-7-17/h8-9,14,16-17,19,23H,1-7,10-13,15H2,(H,30,32)(H,34,35). The molecule has 2 aromatic rings. The molecule has 2 unspecified atom stereocenters. The van der Waals surface area contributed by atoms with Gasteiger partial charge in [-0.3, -0.25) is 9.69 Å². The average molecular weight is 486 g/mol. The van der Waals surface area contributed by atoms with Crippen molar-refractivity contribution in [2.24, 2.45) is 5.92 Å². The van der Waals surface area contributed by atoms with Crippen LogP contribution in [-0.4, -0.2) is 56.5 Å². The molecule has 4 heterocycles. The lowest BCUT2D eigenvalue weighted by molar-refractivity contribution is -0.143. The number of likely N-dealkylation sites (tertiary alicyclic amines) is 1. The molecule has 35 heavy (non-hydrogen) atoms. The molecule has 0 aromatic carbocycles. The van der Waals surface area contributed by atoms with Crippen LogP contribution < -0.4 is 5.32 Å². The van der Waals surface area contributed by atoms with Gasteiger partial charge in [0.2, 0.25) is 0 Å². The lowest BCUT2D eigenvalue weighted by Crippen LogP contribution is -2.36. The molecule has 2 aliphatic heterocycles. The molecule has 0 bridgehead atoms. The van der Waals surface area contributed by atoms with Gasteiger partial charge < -0.3 is 10.4 Å². The van der Waals surface area contributed by atoms with E-state index in [1.807, 2.05) is 6.07 Å². The monoisotopic (exact) mass is 485 g/mol. The highest BCUT2D eigenvalue weighted by Gasteiger charge is 2.46. The minimum Gasteiger partial charge on any atom is -0.480 e. The molecule has 0 radical (unpaired) electrons. The van der Waals surface area contributed by atoms with Crippen molar-refractivity contribution >= 4 is 11.8 Å². The van der Waals surface area contributed by atoms with E-state index < -0.39 is 23.9 Å². The Labute approximate surface area is 204 Å². The van der Waals surface area contributed by atoms with Crippen molar-refractivity contribution in [3.05, 3.63) is 47.2 Å². The van der Waals surface area contributed by atoms with Gasteiger partial charge in [0, 0.05) is 48.8 Å². The minimum atomic E-state index is -2.82. The van der Waals surface area contributed by atoms with Crippen molar-refractivity contribution in [3.8, 4) is 0 Å². The van der Waals surface area contributed by atoms with Crippen LogP contribution in [0.3, 0.4) is 0 Å². The number of hydrogen-bond acceptors (Lipinski definition) is 6. The quantitative estimate of drug-likeness (QED) is 0.475. The highest BCUT2D eigenvalue weighted by molar-refractivity contribution is 5.76. The van der Waals surface area contributed by atoms with Gasteiger partial charge in [-0.25, -0.2) is 23.7 Å². The summed E-state index contributed by atoms with van der Waals surface area (Å²) in [5.41, 5.74) is 3.48. The summed E-state index contributed by atoms with van der Waals surface area (Å²) >= 11 is 0. The van der Waals surface area contributed by atoms with Gasteiger partial charge in [-0.1, -0.05) is 6.07 Å². The minimum absolute atomic E-state index is 0.0705. The predicted molar refractivity (Wildman–Crippen MR) is 128 cm³/mol. The molecule has 3 aliphatic rings. The number of aromatic nitrogens is 3. The summed E-state index contributed by atoms with van der Waals surface area (Å²) < 4.78 is 30.2. The molecule has 2 aromatic heterocycles. The SMILES string of the molecule is O=C(O)C(c1cncnc1C1CC1)N1CCC(C(F)(F)CCCCc2ccc3c(n2)NCCC3)C1. The Morgan fingerprint density at radius 2 is 2.11 bits per heavy atom. The van der Waals surface area contributed by atoms with Crippen molar-refractivity contribution in [3.63, 3.8) is 0 Å². The first-order valence-electron chi connectivity index (χ1n) is 12.8. The number of anilines is 1. The van der Waals surface area contributed by atoms with Crippen LogP contribution in [0, 0.1) is 5.92 Å². The largest absolute Gasteiger partial charge is 0.480 e. The number of unbranched alkanes of at least 4 members (excludes halogenated alkanes) is 1. The molecule has 2 atom stereocenters. The van der Waals surface area contributed by atoms with Crippen LogP contribution in [0.15, 0.2) is 24.7 Å². The molecule has 1 aliphatic carbocycles. The molecule has 7 nitrogen and oxygen atoms in total. The van der Waals surface area contributed by atoms with Crippen LogP contribution in [0.25, 0.3) is 0 Å². The van der Waals surface area contributed by atoms with E-state index in [0.717, 1.165) is 49.4 Å². The number of carboxylic acid groups (broad SMARTS) is 1. The van der Waals surface area contributed by atoms with E-state index in [-0.39, 0.29) is 18.9 Å². The van der Waals surface area contributed by atoms with Crippen LogP contribution in [0.1, 0.15) is 79.4 Å². The Hall–Kier alpha value is -2.68. The first kappa shape index (κ1) is 24.0. The second kappa shape index (κ2) is 10.1. The predicted octanol–water partition coefficient (Wildman–Crippen LogP) is 4.60. The number of carbonyl (C=O) groups is 1. The van der Waals surface area contributed by atoms with Crippen molar-refractivity contribution < 1.29 is 18.7 Å². The molecule has 0 spiro atoms. The molecule has 0 amide bonds. The Morgan fingerprint density at radius 1 is 1.26 bits per heavy atom. The molecule has 9 heteroatoms. The van der Waals surface area contributed by atoms with Gasteiger partial charge in [0.15, 0.2) is 0 Å². The number of aryl methyl sites for hydroxylation is 2. The van der Waals surface area contributed by atoms with E-state index in [1.165, 1.54) is 11.9 Å². The summed E-state index contributed by atoms with van der Waals surface area (Å²) in [6.45, 7) is 1.33. The number of halogens is 2. The van der Waals surface area contributed by atoms with Crippen molar-refractivity contribution in [2.45, 2.75) is 75.7 Å². The molecular weight excluding hydrogens is 452 g/mol. The van der Waals surface area contributed by atoms with E-state index in [9.17, 15) is 9.90 Å². The normalized spacial score (nSPS) is 21.4. The Balaban J connectivity index is 1.16. The summed E-state index contributed by atoms with van der Waals surface area (Å²) in [5, 5.41) is 13.3. The van der Waals surface area contributed by atoms with Crippen molar-refractivity contribution in [1.82, 2.24) is 19.9 Å². The number of nitrogens with zero attached hydrogens (tertiary/aromatic N) is 4. The zero-order valence-corrected chi connectivity index (χ0v) is 19.9. The molecule has 1 saturated heterocycles. The van der Waals surface area contributed by atoms with E-state index in [1.54, 1.807) is 11.1 Å². The average Bonchev–Trinajstić information content (AvgIpc) is 3.58. The maximum Gasteiger partial charge on any atom is 0.325 e. The van der Waals surface area contributed by atoms with Gasteiger partial charge in [0.25, 0.3) is 5.92 Å². The fraction of sp³-hybridized carbons (Fsp3) is 0.615. The first-order valence-corrected chi connectivity index (χ1v) is 12.8. The Bertz CT molecular complexity index is 1060. The van der Waals surface area contributed by atoms with Crippen LogP contribution in [0.2, 0.25) is 0 Å². The lowest BCUT2D eigenvalue weighted by atomic mass is 9.95. The molecule has 1 saturated carbocycles. The molecule has 188 valence electrons. The zero-order valence-electron chi connectivity index (χ0n) is 19.9. The molecular formula is C26H33F2N5O2. The van der Waals surface area contributed by atoms with Crippen molar-refractivity contribution in [2.75, 3.05) is 25.0 Å². The number of aliphatic carboxylic acids is 1. The number of alkyl halides is 2. The first-order chi connectivity index (χ1) is 16.9. The summed E-state index contributed by atoms with van der Waals surface area (Å²) in [7, 11) is 0. The summed E-state index contributed by atoms with van der Waals surface area (Å²) in [6.07, 6.45) is 8.94. The maximum atomic E-state index is 15.1. The van der Waals surface area contributed by atoms with Crippen LogP contribution in [0.4, 0.5) is 14.6 Å². The lowest BCUT2D eigenvalue weighted by Gasteiger charge is -2.27. The van der Waals surface area contributed by atoms with Gasteiger partial charge in [-0.15, -0.1) is 0 Å².